The number of Topliss-reactive ketones (excluding diaryl/α,β-unsaturated/α-hetero) is 2. The summed E-state index contributed by atoms with van der Waals surface area (Å²) in [5.74, 6) is -0.600. The largest absolute Gasteiger partial charge is 0.457 e. The zero-order chi connectivity index (χ0) is 53.8. The number of ketones is 2. The molecule has 4 aromatic carbocycles. The highest BCUT2D eigenvalue weighted by atomic mass is 35.7. The van der Waals surface area contributed by atoms with Crippen molar-refractivity contribution in [2.75, 3.05) is 13.2 Å². The number of aliphatic hydroxyl groups is 3. The summed E-state index contributed by atoms with van der Waals surface area (Å²) < 4.78 is 74.8. The van der Waals surface area contributed by atoms with Crippen LogP contribution < -0.4 is 9.47 Å². The lowest BCUT2D eigenvalue weighted by Crippen LogP contribution is -2.70. The normalized spacial score (nSPS) is 28.9. The molecule has 16 nitrogen and oxygen atoms in total. The summed E-state index contributed by atoms with van der Waals surface area (Å²) in [5, 5.41) is 31.2. The van der Waals surface area contributed by atoms with Crippen molar-refractivity contribution in [1.82, 2.24) is 0 Å². The van der Waals surface area contributed by atoms with Gasteiger partial charge in [0.2, 0.25) is 0 Å². The zero-order valence-electron chi connectivity index (χ0n) is 41.5. The molecule has 10 atom stereocenters. The molecule has 0 unspecified atom stereocenters. The van der Waals surface area contributed by atoms with Crippen LogP contribution >= 0.6 is 10.7 Å². The third-order valence-electron chi connectivity index (χ3n) is 15.8. The van der Waals surface area contributed by atoms with Gasteiger partial charge in [0.25, 0.3) is 19.2 Å². The highest BCUT2D eigenvalue weighted by Crippen LogP contribution is 2.64. The first-order valence-corrected chi connectivity index (χ1v) is 28.7. The van der Waals surface area contributed by atoms with E-state index >= 15 is 0 Å². The molecule has 0 aromatic heterocycles. The summed E-state index contributed by atoms with van der Waals surface area (Å²) in [4.78, 5) is 50.2. The summed E-state index contributed by atoms with van der Waals surface area (Å²) in [6, 6.07) is 30.1. The van der Waals surface area contributed by atoms with Gasteiger partial charge in [-0.15, -0.1) is 0 Å². The summed E-state index contributed by atoms with van der Waals surface area (Å²) in [5.41, 5.74) is -4.62. The second-order valence-corrected chi connectivity index (χ2v) is 24.2. The fourth-order valence-electron chi connectivity index (χ4n) is 11.6. The molecule has 19 heteroatoms. The minimum atomic E-state index is -4.08. The Morgan fingerprint density at radius 2 is 1.00 bits per heavy atom. The molecule has 2 saturated carbocycles. The molecule has 4 aromatic rings. The molecule has 3 N–H and O–H groups in total. The van der Waals surface area contributed by atoms with E-state index in [4.69, 9.17) is 38.9 Å². The van der Waals surface area contributed by atoms with Gasteiger partial charge < -0.3 is 34.3 Å². The lowest BCUT2D eigenvalue weighted by molar-refractivity contribution is -0.264. The molecule has 408 valence electrons. The number of carbonyl (C=O) groups is 4. The van der Waals surface area contributed by atoms with Crippen molar-refractivity contribution in [3.63, 3.8) is 0 Å². The molecule has 0 spiro atoms. The van der Waals surface area contributed by atoms with Crippen LogP contribution in [0.2, 0.25) is 0 Å². The van der Waals surface area contributed by atoms with Gasteiger partial charge in [-0.05, 0) is 138 Å². The first-order valence-electron chi connectivity index (χ1n) is 25.0. The van der Waals surface area contributed by atoms with Crippen LogP contribution in [0.5, 0.6) is 23.0 Å². The molecule has 2 saturated heterocycles. The Kier molecular flexibility index (Phi) is 17.9. The van der Waals surface area contributed by atoms with Gasteiger partial charge >= 0.3 is 11.9 Å². The Morgan fingerprint density at radius 1 is 0.605 bits per heavy atom. The fourth-order valence-corrected chi connectivity index (χ4v) is 13.3. The van der Waals surface area contributed by atoms with Crippen LogP contribution in [0.3, 0.4) is 0 Å². The van der Waals surface area contributed by atoms with Crippen LogP contribution in [0, 0.1) is 34.5 Å². The Hall–Kier alpha value is -5.73. The van der Waals surface area contributed by atoms with E-state index in [9.17, 15) is 46.2 Å². The van der Waals surface area contributed by atoms with E-state index in [2.05, 4.69) is 0 Å². The average Bonchev–Trinajstić information content (AvgIpc) is 3.96. The van der Waals surface area contributed by atoms with Gasteiger partial charge in [0.15, 0.2) is 0 Å². The molecule has 0 radical (unpaired) electrons. The van der Waals surface area contributed by atoms with Crippen LogP contribution in [0.25, 0.3) is 0 Å². The van der Waals surface area contributed by atoms with Gasteiger partial charge in [-0.2, -0.15) is 8.42 Å². The van der Waals surface area contributed by atoms with E-state index in [1.165, 1.54) is 36.4 Å². The summed E-state index contributed by atoms with van der Waals surface area (Å²) in [6.07, 6.45) is 11.5. The van der Waals surface area contributed by atoms with Gasteiger partial charge in [0.1, 0.15) is 56.6 Å². The number of fused-ring (bicyclic) bond motifs is 2. The van der Waals surface area contributed by atoms with Gasteiger partial charge in [-0.1, -0.05) is 68.1 Å². The number of esters is 2. The van der Waals surface area contributed by atoms with Crippen molar-refractivity contribution in [2.24, 2.45) is 34.5 Å². The topological polar surface area (TPSA) is 243 Å². The average molecular weight is 1110 g/mol. The monoisotopic (exact) mass is 1100 g/mol. The van der Waals surface area contributed by atoms with Crippen LogP contribution in [-0.2, 0) is 52.0 Å². The second-order valence-electron chi connectivity index (χ2n) is 20.1. The van der Waals surface area contributed by atoms with E-state index in [1.807, 2.05) is 72.8 Å². The number of halogens is 1. The van der Waals surface area contributed by atoms with Crippen molar-refractivity contribution < 1.29 is 74.5 Å². The van der Waals surface area contributed by atoms with Crippen molar-refractivity contribution in [3.05, 3.63) is 133 Å². The van der Waals surface area contributed by atoms with Crippen molar-refractivity contribution in [3.8, 4) is 23.0 Å². The second kappa shape index (κ2) is 23.5. The minimum absolute atomic E-state index is 0. The number of aliphatic hydroxyl groups excluding tert-OH is 3. The molecule has 6 aliphatic rings. The lowest BCUT2D eigenvalue weighted by Gasteiger charge is -2.55. The molecule has 2 heterocycles. The predicted octanol–water partition coefficient (Wildman–Crippen LogP) is 9.20. The summed E-state index contributed by atoms with van der Waals surface area (Å²) in [7, 11) is -2.56. The maximum absolute atomic E-state index is 13.0. The Morgan fingerprint density at radius 3 is 1.37 bits per heavy atom. The van der Waals surface area contributed by atoms with E-state index in [-0.39, 0.29) is 79.5 Å². The van der Waals surface area contributed by atoms with E-state index in [1.54, 1.807) is 38.1 Å². The highest BCUT2D eigenvalue weighted by Gasteiger charge is 2.79. The first-order chi connectivity index (χ1) is 35.7. The van der Waals surface area contributed by atoms with Crippen LogP contribution in [0.1, 0.15) is 85.5 Å². The van der Waals surface area contributed by atoms with Gasteiger partial charge in [0, 0.05) is 42.0 Å². The zero-order valence-corrected chi connectivity index (χ0v) is 43.9. The number of allylic oxidation sites excluding steroid dienone is 2. The quantitative estimate of drug-likeness (QED) is 0.0410. The van der Waals surface area contributed by atoms with E-state index < -0.39 is 77.2 Å². The van der Waals surface area contributed by atoms with E-state index in [0.29, 0.717) is 23.0 Å². The standard InChI is InChI=1S/C28H30O8S.C16H22O5.C12H9ClO3S.CH4/c1-27-23(24(29)18-28(27,26(31)36-27)25(30)19-8-4-2-5-9-19)16-17-34-37(32,33)22-14-12-21(13-15-22)35-20-10-6-3-7-11-20;1-15-11(7-8-17)12(18)9-16(15,14(20)21-15)13(19)10-5-3-2-4-6-10;13-17(14,15)12-8-6-11(7-9-12)16-10-4-2-1-3-5-10;/h3-4,6-8,10-15,19,23,25,30H,2,5,9,16-18H2,1H3;3,5,10-11,13,17,19H,2,4,6-9H2,1H3;1-9H;1H4/t19-,23+,25+,27+,28-;10-,11+,13+,15+,16-;;/m11../s1. The van der Waals surface area contributed by atoms with Gasteiger partial charge in [-0.25, -0.2) is 8.42 Å². The first kappa shape index (κ1) is 58.0. The van der Waals surface area contributed by atoms with Crippen molar-refractivity contribution >= 4 is 53.4 Å². The number of rotatable bonds is 16. The van der Waals surface area contributed by atoms with Crippen molar-refractivity contribution in [1.29, 1.82) is 0 Å². The molecule has 4 fully saturated rings. The highest BCUT2D eigenvalue weighted by molar-refractivity contribution is 8.13. The molecule has 10 rings (SSSR count). The SMILES string of the molecule is C.C[C@@]12OC(=O)[C@]1([C@@H](O)[C@@H]1C=CCCC1)CC(=O)[C@@H]2CCO.C[C@@]12OC(=O)[C@]1([C@@H](O)[C@@H]1C=CCCC1)CC(=O)[C@@H]2CCOS(=O)(=O)c1ccc(Oc2ccccc2)cc1.O=S(=O)(Cl)c1ccc(Oc2ccccc2)cc1. The maximum Gasteiger partial charge on any atom is 0.319 e. The molecule has 0 amide bonds. The number of hydrogen-bond donors (Lipinski definition) is 3. The summed E-state index contributed by atoms with van der Waals surface area (Å²) in [6.45, 7) is 3.01. The number of benzene rings is 4. The van der Waals surface area contributed by atoms with Gasteiger partial charge in [-0.3, -0.25) is 23.4 Å². The maximum atomic E-state index is 13.0. The predicted molar refractivity (Wildman–Crippen MR) is 280 cm³/mol. The molecule has 76 heavy (non-hydrogen) atoms. The van der Waals surface area contributed by atoms with Crippen LogP contribution in [0.15, 0.2) is 143 Å². The molecule has 0 bridgehead atoms. The van der Waals surface area contributed by atoms with Crippen LogP contribution in [0.4, 0.5) is 0 Å². The number of para-hydroxylation sites is 2. The summed E-state index contributed by atoms with van der Waals surface area (Å²) >= 11 is 0. The van der Waals surface area contributed by atoms with E-state index in [0.717, 1.165) is 38.5 Å². The number of ether oxygens (including phenoxy) is 4. The third kappa shape index (κ3) is 11.2. The van der Waals surface area contributed by atoms with Crippen molar-refractivity contribution in [2.45, 2.75) is 119 Å². The Labute approximate surface area is 448 Å². The Bertz CT molecular complexity index is 3010. The molecule has 2 aliphatic heterocycles. The van der Waals surface area contributed by atoms with Crippen LogP contribution in [-0.4, -0.2) is 92.3 Å². The number of hydrogen-bond acceptors (Lipinski definition) is 16. The molecule has 4 aliphatic carbocycles. The molecular weight excluding hydrogens is 1040 g/mol. The number of carbonyl (C=O) groups excluding carboxylic acids is 4. The smallest absolute Gasteiger partial charge is 0.319 e. The molecular formula is C57H65ClO16S2. The minimum Gasteiger partial charge on any atom is -0.457 e. The fraction of sp³-hybridized carbons (Fsp3) is 0.439. The van der Waals surface area contributed by atoms with Gasteiger partial charge in [0.05, 0.1) is 40.4 Å². The third-order valence-corrected chi connectivity index (χ3v) is 18.5. The Balaban J connectivity index is 0.000000182. The lowest BCUT2D eigenvalue weighted by atomic mass is 9.60.